The van der Waals surface area contributed by atoms with E-state index in [9.17, 15) is 14.4 Å². The van der Waals surface area contributed by atoms with Crippen LogP contribution in [0.4, 0.5) is 0 Å². The molecule has 136 valence electrons. The van der Waals surface area contributed by atoms with E-state index < -0.39 is 30.5 Å². The Morgan fingerprint density at radius 2 is 1.85 bits per heavy atom. The standard InChI is InChI=1S/C18H19N3O5/c1-12-9-20-15(10-19-12)18(24)26-11-16(22)21-14(17(23)25-2)8-13-6-4-3-5-7-13/h3-7,9-10,14H,8,11H2,1-2H3,(H,21,22)/t14-/m0/s1. The SMILES string of the molecule is COC(=O)[C@H](Cc1ccccc1)NC(=O)COC(=O)c1cnc(C)cn1. The van der Waals surface area contributed by atoms with E-state index in [1.807, 2.05) is 30.3 Å². The van der Waals surface area contributed by atoms with Gasteiger partial charge < -0.3 is 14.8 Å². The van der Waals surface area contributed by atoms with E-state index in [1.165, 1.54) is 19.5 Å². The van der Waals surface area contributed by atoms with E-state index in [-0.39, 0.29) is 12.1 Å². The number of methoxy groups -OCH3 is 1. The first-order valence-electron chi connectivity index (χ1n) is 7.86. The Morgan fingerprint density at radius 1 is 1.12 bits per heavy atom. The van der Waals surface area contributed by atoms with Gasteiger partial charge in [-0.2, -0.15) is 0 Å². The Labute approximate surface area is 150 Å². The molecule has 2 rings (SSSR count). The lowest BCUT2D eigenvalue weighted by Crippen LogP contribution is -2.44. The highest BCUT2D eigenvalue weighted by Crippen LogP contribution is 2.05. The van der Waals surface area contributed by atoms with Crippen LogP contribution in [0.1, 0.15) is 21.7 Å². The number of nitrogens with one attached hydrogen (secondary N) is 1. The van der Waals surface area contributed by atoms with E-state index in [4.69, 9.17) is 9.47 Å². The van der Waals surface area contributed by atoms with Crippen molar-refractivity contribution in [1.82, 2.24) is 15.3 Å². The van der Waals surface area contributed by atoms with Crippen molar-refractivity contribution in [1.29, 1.82) is 0 Å². The Balaban J connectivity index is 1.91. The molecule has 8 nitrogen and oxygen atoms in total. The predicted octanol–water partition coefficient (Wildman–Crippen LogP) is 0.842. The van der Waals surface area contributed by atoms with Gasteiger partial charge in [0.25, 0.3) is 5.91 Å². The summed E-state index contributed by atoms with van der Waals surface area (Å²) in [6, 6.07) is 8.29. The lowest BCUT2D eigenvalue weighted by Gasteiger charge is -2.16. The van der Waals surface area contributed by atoms with E-state index >= 15 is 0 Å². The zero-order valence-corrected chi connectivity index (χ0v) is 14.5. The normalized spacial score (nSPS) is 11.3. The molecule has 26 heavy (non-hydrogen) atoms. The van der Waals surface area contributed by atoms with Crippen LogP contribution in [0.5, 0.6) is 0 Å². The van der Waals surface area contributed by atoms with Gasteiger partial charge in [-0.25, -0.2) is 14.6 Å². The van der Waals surface area contributed by atoms with Gasteiger partial charge in [-0.3, -0.25) is 9.78 Å². The lowest BCUT2D eigenvalue weighted by atomic mass is 10.1. The van der Waals surface area contributed by atoms with Crippen LogP contribution in [0.15, 0.2) is 42.7 Å². The van der Waals surface area contributed by atoms with Crippen molar-refractivity contribution in [3.05, 3.63) is 59.7 Å². The number of nitrogens with zero attached hydrogens (tertiary/aromatic N) is 2. The van der Waals surface area contributed by atoms with Crippen LogP contribution >= 0.6 is 0 Å². The van der Waals surface area contributed by atoms with Crippen molar-refractivity contribution in [3.63, 3.8) is 0 Å². The van der Waals surface area contributed by atoms with Gasteiger partial charge in [-0.1, -0.05) is 30.3 Å². The largest absolute Gasteiger partial charge is 0.467 e. The monoisotopic (exact) mass is 357 g/mol. The van der Waals surface area contributed by atoms with Crippen molar-refractivity contribution in [2.24, 2.45) is 0 Å². The van der Waals surface area contributed by atoms with Gasteiger partial charge in [-0.15, -0.1) is 0 Å². The fraction of sp³-hybridized carbons (Fsp3) is 0.278. The summed E-state index contributed by atoms with van der Waals surface area (Å²) in [5.74, 6) is -1.98. The first-order chi connectivity index (χ1) is 12.5. The second-order valence-electron chi connectivity index (χ2n) is 5.45. The molecule has 0 aliphatic carbocycles. The summed E-state index contributed by atoms with van der Waals surface area (Å²) in [4.78, 5) is 43.5. The molecule has 2 aromatic rings. The Bertz CT molecular complexity index is 762. The summed E-state index contributed by atoms with van der Waals surface area (Å²) in [5.41, 5.74) is 1.51. The third-order valence-corrected chi connectivity index (χ3v) is 3.43. The van der Waals surface area contributed by atoms with Crippen molar-refractivity contribution in [2.45, 2.75) is 19.4 Å². The molecule has 0 saturated heterocycles. The van der Waals surface area contributed by atoms with Crippen molar-refractivity contribution in [3.8, 4) is 0 Å². The van der Waals surface area contributed by atoms with Crippen LogP contribution in [-0.2, 0) is 25.5 Å². The van der Waals surface area contributed by atoms with Crippen LogP contribution in [-0.4, -0.2) is 47.6 Å². The molecule has 0 bridgehead atoms. The molecule has 0 aliphatic heterocycles. The van der Waals surface area contributed by atoms with Crippen LogP contribution < -0.4 is 5.32 Å². The highest BCUT2D eigenvalue weighted by molar-refractivity contribution is 5.90. The summed E-state index contributed by atoms with van der Waals surface area (Å²) in [7, 11) is 1.24. The molecule has 1 amide bonds. The van der Waals surface area contributed by atoms with Gasteiger partial charge in [0.2, 0.25) is 0 Å². The Kier molecular flexibility index (Phi) is 6.78. The number of rotatable bonds is 7. The summed E-state index contributed by atoms with van der Waals surface area (Å²) < 4.78 is 9.60. The molecule has 1 heterocycles. The molecule has 1 N–H and O–H groups in total. The van der Waals surface area contributed by atoms with Gasteiger partial charge in [0.15, 0.2) is 12.3 Å². The second-order valence-corrected chi connectivity index (χ2v) is 5.45. The molecular formula is C18H19N3O5. The van der Waals surface area contributed by atoms with Crippen LogP contribution in [0.3, 0.4) is 0 Å². The molecule has 1 aromatic carbocycles. The molecule has 1 atom stereocenters. The van der Waals surface area contributed by atoms with Crippen molar-refractivity contribution >= 4 is 17.8 Å². The summed E-state index contributed by atoms with van der Waals surface area (Å²) in [6.45, 7) is 1.19. The quantitative estimate of drug-likeness (QED) is 0.732. The lowest BCUT2D eigenvalue weighted by molar-refractivity contribution is -0.145. The number of benzene rings is 1. The molecule has 0 unspecified atom stereocenters. The molecule has 0 aliphatic rings. The summed E-state index contributed by atoms with van der Waals surface area (Å²) in [5, 5.41) is 2.51. The van der Waals surface area contributed by atoms with Gasteiger partial charge in [-0.05, 0) is 12.5 Å². The van der Waals surface area contributed by atoms with Crippen molar-refractivity contribution in [2.75, 3.05) is 13.7 Å². The minimum Gasteiger partial charge on any atom is -0.467 e. The minimum atomic E-state index is -0.882. The molecule has 0 radical (unpaired) electrons. The number of ether oxygens (including phenoxy) is 2. The smallest absolute Gasteiger partial charge is 0.359 e. The Hall–Kier alpha value is -3.29. The number of amides is 1. The fourth-order valence-corrected chi connectivity index (χ4v) is 2.12. The minimum absolute atomic E-state index is 0.00259. The van der Waals surface area contributed by atoms with E-state index in [0.29, 0.717) is 5.69 Å². The topological polar surface area (TPSA) is 107 Å². The number of esters is 2. The maximum atomic E-state index is 12.0. The number of aryl methyl sites for hydroxylation is 1. The van der Waals surface area contributed by atoms with Gasteiger partial charge in [0.05, 0.1) is 19.0 Å². The van der Waals surface area contributed by atoms with Crippen molar-refractivity contribution < 1.29 is 23.9 Å². The summed E-state index contributed by atoms with van der Waals surface area (Å²) in [6.07, 6.45) is 2.95. The average molecular weight is 357 g/mol. The zero-order chi connectivity index (χ0) is 18.9. The van der Waals surface area contributed by atoms with Crippen LogP contribution in [0, 0.1) is 6.92 Å². The molecule has 0 fully saturated rings. The highest BCUT2D eigenvalue weighted by atomic mass is 16.5. The van der Waals surface area contributed by atoms with Gasteiger partial charge in [0.1, 0.15) is 6.04 Å². The molecule has 8 heteroatoms. The first kappa shape index (κ1) is 19.0. The Morgan fingerprint density at radius 3 is 2.46 bits per heavy atom. The summed E-state index contributed by atoms with van der Waals surface area (Å²) >= 11 is 0. The maximum Gasteiger partial charge on any atom is 0.359 e. The van der Waals surface area contributed by atoms with E-state index in [1.54, 1.807) is 6.92 Å². The zero-order valence-electron chi connectivity index (χ0n) is 14.5. The molecule has 1 aromatic heterocycles. The van der Waals surface area contributed by atoms with E-state index in [0.717, 1.165) is 5.56 Å². The average Bonchev–Trinajstić information content (AvgIpc) is 2.66. The van der Waals surface area contributed by atoms with Crippen LogP contribution in [0.2, 0.25) is 0 Å². The number of hydrogen-bond donors (Lipinski definition) is 1. The number of carbonyl (C=O) groups is 3. The number of aromatic nitrogens is 2. The third kappa shape index (κ3) is 5.66. The van der Waals surface area contributed by atoms with Gasteiger partial charge >= 0.3 is 11.9 Å². The van der Waals surface area contributed by atoms with Crippen LogP contribution in [0.25, 0.3) is 0 Å². The molecular weight excluding hydrogens is 338 g/mol. The maximum absolute atomic E-state index is 12.0. The fourth-order valence-electron chi connectivity index (χ4n) is 2.12. The highest BCUT2D eigenvalue weighted by Gasteiger charge is 2.22. The molecule has 0 spiro atoms. The van der Waals surface area contributed by atoms with E-state index in [2.05, 4.69) is 15.3 Å². The number of carbonyl (C=O) groups excluding carboxylic acids is 3. The first-order valence-corrected chi connectivity index (χ1v) is 7.86. The third-order valence-electron chi connectivity index (χ3n) is 3.43. The second kappa shape index (κ2) is 9.26. The predicted molar refractivity (Wildman–Crippen MR) is 91.1 cm³/mol. The van der Waals surface area contributed by atoms with Gasteiger partial charge in [0, 0.05) is 12.6 Å². The molecule has 0 saturated carbocycles. The number of hydrogen-bond acceptors (Lipinski definition) is 7.